The summed E-state index contributed by atoms with van der Waals surface area (Å²) in [5, 5.41) is 9.86. The Balaban J connectivity index is 1.89. The Kier molecular flexibility index (Phi) is 14.9. The minimum atomic E-state index is -0.800. The number of Topliss-reactive ketones (excluding diaryl/α,β-unsaturated/α-hetero) is 1. The van der Waals surface area contributed by atoms with Crippen molar-refractivity contribution in [1.29, 1.82) is 0 Å². The van der Waals surface area contributed by atoms with E-state index in [1.165, 1.54) is 89.5 Å². The number of aliphatic imine (C=N–C) groups is 1. The van der Waals surface area contributed by atoms with Crippen molar-refractivity contribution in [3.05, 3.63) is 12.7 Å². The van der Waals surface area contributed by atoms with Gasteiger partial charge in [-0.2, -0.15) is 0 Å². The lowest BCUT2D eigenvalue weighted by Gasteiger charge is -2.22. The SMILES string of the molecule is C=CC(O)N1CCN=C1C(=O)CCCCCCCCCCCCCCCCC. The van der Waals surface area contributed by atoms with Gasteiger partial charge in [-0.15, -0.1) is 0 Å². The van der Waals surface area contributed by atoms with Crippen molar-refractivity contribution in [2.24, 2.45) is 4.99 Å². The highest BCUT2D eigenvalue weighted by Crippen LogP contribution is 2.15. The molecule has 0 saturated heterocycles. The van der Waals surface area contributed by atoms with Crippen LogP contribution in [0.15, 0.2) is 17.6 Å². The molecule has 1 rings (SSSR count). The zero-order valence-electron chi connectivity index (χ0n) is 18.3. The molecule has 0 bridgehead atoms. The topological polar surface area (TPSA) is 52.9 Å². The van der Waals surface area contributed by atoms with E-state index >= 15 is 0 Å². The van der Waals surface area contributed by atoms with Gasteiger partial charge >= 0.3 is 0 Å². The van der Waals surface area contributed by atoms with E-state index < -0.39 is 6.23 Å². The molecule has 4 heteroatoms. The van der Waals surface area contributed by atoms with Gasteiger partial charge in [0.15, 0.2) is 11.6 Å². The minimum Gasteiger partial charge on any atom is -0.370 e. The van der Waals surface area contributed by atoms with Gasteiger partial charge in [0.05, 0.1) is 6.54 Å². The summed E-state index contributed by atoms with van der Waals surface area (Å²) in [6.07, 6.45) is 21.0. The normalized spacial score (nSPS) is 14.9. The quantitative estimate of drug-likeness (QED) is 0.215. The fourth-order valence-electron chi connectivity index (χ4n) is 3.86. The lowest BCUT2D eigenvalue weighted by atomic mass is 10.0. The number of hydrogen-bond donors (Lipinski definition) is 1. The summed E-state index contributed by atoms with van der Waals surface area (Å²) < 4.78 is 0. The lowest BCUT2D eigenvalue weighted by Crippen LogP contribution is -2.40. The van der Waals surface area contributed by atoms with E-state index in [9.17, 15) is 9.90 Å². The number of aliphatic hydroxyl groups excluding tert-OH is 1. The Hall–Kier alpha value is -1.16. The molecular weight excluding hydrogens is 348 g/mol. The van der Waals surface area contributed by atoms with Crippen molar-refractivity contribution in [2.75, 3.05) is 13.1 Å². The van der Waals surface area contributed by atoms with Gasteiger partial charge in [0.25, 0.3) is 0 Å². The molecule has 1 aliphatic heterocycles. The van der Waals surface area contributed by atoms with Gasteiger partial charge < -0.3 is 10.0 Å². The predicted octanol–water partition coefficient (Wildman–Crippen LogP) is 6.04. The van der Waals surface area contributed by atoms with Crippen LogP contribution in [0.5, 0.6) is 0 Å². The van der Waals surface area contributed by atoms with Crippen LogP contribution in [0.4, 0.5) is 0 Å². The van der Waals surface area contributed by atoms with Crippen molar-refractivity contribution in [2.45, 2.75) is 116 Å². The van der Waals surface area contributed by atoms with Crippen LogP contribution in [0.3, 0.4) is 0 Å². The zero-order chi connectivity index (χ0) is 20.5. The summed E-state index contributed by atoms with van der Waals surface area (Å²) >= 11 is 0. The maximum atomic E-state index is 12.3. The number of nitrogens with zero attached hydrogens (tertiary/aromatic N) is 2. The first-order valence-electron chi connectivity index (χ1n) is 11.9. The zero-order valence-corrected chi connectivity index (χ0v) is 18.3. The second-order valence-corrected chi connectivity index (χ2v) is 8.17. The largest absolute Gasteiger partial charge is 0.370 e. The molecule has 4 nitrogen and oxygen atoms in total. The molecule has 28 heavy (non-hydrogen) atoms. The molecule has 0 aromatic heterocycles. The summed E-state index contributed by atoms with van der Waals surface area (Å²) in [5.74, 6) is 0.505. The van der Waals surface area contributed by atoms with E-state index in [-0.39, 0.29) is 5.78 Å². The van der Waals surface area contributed by atoms with Crippen LogP contribution in [0.25, 0.3) is 0 Å². The minimum absolute atomic E-state index is 0.0631. The number of unbranched alkanes of at least 4 members (excludes halogenated alkanes) is 14. The van der Waals surface area contributed by atoms with E-state index in [2.05, 4.69) is 18.5 Å². The fraction of sp³-hybridized carbons (Fsp3) is 0.833. The predicted molar refractivity (Wildman–Crippen MR) is 120 cm³/mol. The molecule has 1 aliphatic rings. The van der Waals surface area contributed by atoms with E-state index in [0.29, 0.717) is 25.3 Å². The van der Waals surface area contributed by atoms with Gasteiger partial charge in [-0.05, 0) is 12.5 Å². The molecule has 1 atom stereocenters. The first kappa shape index (κ1) is 24.9. The molecule has 0 aliphatic carbocycles. The number of ketones is 1. The highest BCUT2D eigenvalue weighted by Gasteiger charge is 2.26. The third-order valence-electron chi connectivity index (χ3n) is 5.66. The molecular formula is C24H44N2O2. The van der Waals surface area contributed by atoms with E-state index in [1.807, 2.05) is 0 Å². The number of aliphatic hydroxyl groups is 1. The Morgan fingerprint density at radius 3 is 1.89 bits per heavy atom. The third-order valence-corrected chi connectivity index (χ3v) is 5.66. The molecule has 0 aromatic rings. The fourth-order valence-corrected chi connectivity index (χ4v) is 3.86. The van der Waals surface area contributed by atoms with Crippen molar-refractivity contribution < 1.29 is 9.90 Å². The number of carbonyl (C=O) groups is 1. The third kappa shape index (κ3) is 11.0. The van der Waals surface area contributed by atoms with Crippen molar-refractivity contribution in [3.8, 4) is 0 Å². The van der Waals surface area contributed by atoms with Crippen molar-refractivity contribution in [3.63, 3.8) is 0 Å². The highest BCUT2D eigenvalue weighted by molar-refractivity contribution is 6.39. The molecule has 0 fully saturated rings. The number of rotatable bonds is 19. The number of amidine groups is 1. The van der Waals surface area contributed by atoms with Gasteiger partial charge in [0, 0.05) is 13.0 Å². The molecule has 0 amide bonds. The van der Waals surface area contributed by atoms with Gasteiger partial charge in [-0.25, -0.2) is 0 Å². The summed E-state index contributed by atoms with van der Waals surface area (Å²) in [6.45, 7) is 7.05. The molecule has 0 aromatic carbocycles. The van der Waals surface area contributed by atoms with E-state index in [1.54, 1.807) is 4.90 Å². The standard InChI is InChI=1S/C24H44N2O2/c1-3-5-6-7-8-9-10-11-12-13-14-15-16-17-18-19-22(27)24-25-20-21-26(24)23(28)4-2/h4,23,28H,2-3,5-21H2,1H3. The van der Waals surface area contributed by atoms with Crippen LogP contribution in [0, 0.1) is 0 Å². The Labute approximate surface area is 173 Å². The van der Waals surface area contributed by atoms with Gasteiger partial charge in [-0.1, -0.05) is 103 Å². The summed E-state index contributed by atoms with van der Waals surface area (Å²) in [6, 6.07) is 0. The van der Waals surface area contributed by atoms with Crippen molar-refractivity contribution >= 4 is 11.6 Å². The maximum absolute atomic E-state index is 12.3. The molecule has 1 N–H and O–H groups in total. The second-order valence-electron chi connectivity index (χ2n) is 8.17. The lowest BCUT2D eigenvalue weighted by molar-refractivity contribution is -0.114. The molecule has 0 spiro atoms. The summed E-state index contributed by atoms with van der Waals surface area (Å²) in [5.41, 5.74) is 0. The van der Waals surface area contributed by atoms with Crippen molar-refractivity contribution in [1.82, 2.24) is 4.90 Å². The average Bonchev–Trinajstić information content (AvgIpc) is 3.20. The number of carbonyl (C=O) groups excluding carboxylic acids is 1. The number of hydrogen-bond acceptors (Lipinski definition) is 4. The summed E-state index contributed by atoms with van der Waals surface area (Å²) in [7, 11) is 0. The van der Waals surface area contributed by atoms with Crippen LogP contribution in [-0.4, -0.2) is 40.9 Å². The van der Waals surface area contributed by atoms with Crippen LogP contribution in [0.2, 0.25) is 0 Å². The van der Waals surface area contributed by atoms with Crippen LogP contribution < -0.4 is 0 Å². The molecule has 0 radical (unpaired) electrons. The van der Waals surface area contributed by atoms with Crippen LogP contribution >= 0.6 is 0 Å². The molecule has 162 valence electrons. The smallest absolute Gasteiger partial charge is 0.197 e. The highest BCUT2D eigenvalue weighted by atomic mass is 16.3. The maximum Gasteiger partial charge on any atom is 0.197 e. The first-order chi connectivity index (χ1) is 13.7. The molecule has 1 unspecified atom stereocenters. The summed E-state index contributed by atoms with van der Waals surface area (Å²) in [4.78, 5) is 18.2. The van der Waals surface area contributed by atoms with Gasteiger partial charge in [-0.3, -0.25) is 9.79 Å². The van der Waals surface area contributed by atoms with Gasteiger partial charge in [0.2, 0.25) is 0 Å². The Morgan fingerprint density at radius 1 is 0.964 bits per heavy atom. The van der Waals surface area contributed by atoms with Crippen LogP contribution in [0.1, 0.15) is 110 Å². The van der Waals surface area contributed by atoms with E-state index in [4.69, 9.17) is 0 Å². The second kappa shape index (κ2) is 16.8. The average molecular weight is 393 g/mol. The molecule has 1 heterocycles. The van der Waals surface area contributed by atoms with Gasteiger partial charge in [0.1, 0.15) is 6.23 Å². The Bertz CT molecular complexity index is 448. The first-order valence-corrected chi connectivity index (χ1v) is 11.9. The molecule has 0 saturated carbocycles. The van der Waals surface area contributed by atoms with Crippen LogP contribution in [-0.2, 0) is 4.79 Å². The monoisotopic (exact) mass is 392 g/mol. The Morgan fingerprint density at radius 2 is 1.43 bits per heavy atom. The van der Waals surface area contributed by atoms with E-state index in [0.717, 1.165) is 12.8 Å².